The molecule has 0 aromatic heterocycles. The van der Waals surface area contributed by atoms with E-state index in [-0.39, 0.29) is 18.0 Å². The van der Waals surface area contributed by atoms with Gasteiger partial charge in [0, 0.05) is 10.4 Å². The average molecular weight is 379 g/mol. The van der Waals surface area contributed by atoms with Crippen LogP contribution in [0.1, 0.15) is 12.5 Å². The highest BCUT2D eigenvalue weighted by Gasteiger charge is 2.54. The molecule has 1 saturated heterocycles. The number of benzene rings is 1. The van der Waals surface area contributed by atoms with Gasteiger partial charge in [0.15, 0.2) is 0 Å². The predicted molar refractivity (Wildman–Crippen MR) is 94.6 cm³/mol. The van der Waals surface area contributed by atoms with Crippen molar-refractivity contribution in [2.24, 2.45) is 0 Å². The number of carboxylic acids is 1. The van der Waals surface area contributed by atoms with Crippen molar-refractivity contribution >= 4 is 41.1 Å². The molecule has 2 aliphatic rings. The molecular formula is C17H15ClN2O4S. The first kappa shape index (κ1) is 17.6. The minimum Gasteiger partial charge on any atom is -0.477 e. The van der Waals surface area contributed by atoms with Gasteiger partial charge in [-0.15, -0.1) is 0 Å². The zero-order valence-electron chi connectivity index (χ0n) is 13.2. The van der Waals surface area contributed by atoms with Crippen molar-refractivity contribution in [2.75, 3.05) is 0 Å². The van der Waals surface area contributed by atoms with Gasteiger partial charge in [0.05, 0.1) is 6.42 Å². The van der Waals surface area contributed by atoms with Gasteiger partial charge < -0.3 is 10.4 Å². The Kier molecular flexibility index (Phi) is 4.87. The van der Waals surface area contributed by atoms with E-state index in [1.807, 2.05) is 30.3 Å². The first-order valence-corrected chi connectivity index (χ1v) is 8.83. The van der Waals surface area contributed by atoms with E-state index in [0.717, 1.165) is 5.56 Å². The van der Waals surface area contributed by atoms with E-state index >= 15 is 0 Å². The van der Waals surface area contributed by atoms with Crippen LogP contribution in [-0.4, -0.2) is 39.2 Å². The molecule has 2 N–H and O–H groups in total. The maximum absolute atomic E-state index is 12.4. The molecule has 3 rings (SSSR count). The average Bonchev–Trinajstić information content (AvgIpc) is 2.60. The smallest absolute Gasteiger partial charge is 0.352 e. The van der Waals surface area contributed by atoms with E-state index in [9.17, 15) is 19.5 Å². The van der Waals surface area contributed by atoms with Crippen LogP contribution >= 0.6 is 23.4 Å². The number of hydrogen-bond acceptors (Lipinski definition) is 4. The number of nitrogens with one attached hydrogen (secondary N) is 1. The van der Waals surface area contributed by atoms with Gasteiger partial charge in [0.1, 0.15) is 17.1 Å². The third-order valence-corrected chi connectivity index (χ3v) is 5.83. The number of carbonyl (C=O) groups is 3. The van der Waals surface area contributed by atoms with E-state index in [1.165, 1.54) is 22.2 Å². The third kappa shape index (κ3) is 3.17. The van der Waals surface area contributed by atoms with Crippen molar-refractivity contribution in [2.45, 2.75) is 24.8 Å². The number of amides is 2. The van der Waals surface area contributed by atoms with Crippen LogP contribution in [0.4, 0.5) is 0 Å². The van der Waals surface area contributed by atoms with Crippen molar-refractivity contribution in [1.29, 1.82) is 0 Å². The van der Waals surface area contributed by atoms with Gasteiger partial charge in [0.2, 0.25) is 5.91 Å². The molecule has 6 nitrogen and oxygen atoms in total. The number of thioether (sulfide) groups is 1. The molecule has 0 unspecified atom stereocenters. The van der Waals surface area contributed by atoms with Crippen LogP contribution in [0.5, 0.6) is 0 Å². The third-order valence-electron chi connectivity index (χ3n) is 4.08. The molecule has 2 aliphatic heterocycles. The summed E-state index contributed by atoms with van der Waals surface area (Å²) in [5, 5.41) is 11.6. The molecule has 2 heterocycles. The number of aliphatic carboxylic acids is 1. The number of β-lactam (4-membered cyclic amide) rings is 1. The molecule has 8 heteroatoms. The van der Waals surface area contributed by atoms with Crippen molar-refractivity contribution in [3.05, 3.63) is 57.6 Å². The second-order valence-electron chi connectivity index (χ2n) is 5.68. The highest BCUT2D eigenvalue weighted by molar-refractivity contribution is 8.04. The minimum absolute atomic E-state index is 0.0887. The summed E-state index contributed by atoms with van der Waals surface area (Å²) < 4.78 is 0. The van der Waals surface area contributed by atoms with Gasteiger partial charge in [0.25, 0.3) is 5.91 Å². The lowest BCUT2D eigenvalue weighted by atomic mass is 10.0. The number of carboxylic acid groups (broad SMARTS) is 1. The molecule has 130 valence electrons. The highest BCUT2D eigenvalue weighted by Crippen LogP contribution is 2.46. The lowest BCUT2D eigenvalue weighted by Gasteiger charge is -2.49. The quantitative estimate of drug-likeness (QED) is 0.783. The molecule has 25 heavy (non-hydrogen) atoms. The summed E-state index contributed by atoms with van der Waals surface area (Å²) in [6, 6.07) is 8.41. The summed E-state index contributed by atoms with van der Waals surface area (Å²) in [5.74, 6) is -1.91. The Balaban J connectivity index is 1.76. The van der Waals surface area contributed by atoms with Crippen molar-refractivity contribution < 1.29 is 19.5 Å². The van der Waals surface area contributed by atoms with Gasteiger partial charge in [-0.05, 0) is 18.1 Å². The number of nitrogens with zero attached hydrogens (tertiary/aromatic N) is 1. The minimum atomic E-state index is -1.19. The molecule has 0 saturated carbocycles. The summed E-state index contributed by atoms with van der Waals surface area (Å²) in [6.07, 6.45) is 0.154. The SMILES string of the molecule is CC1=C(C(=O)O)N2C(=O)[C@H](NC(=O)Cc3ccccc3)[C@@H]2SC1=CCl. The van der Waals surface area contributed by atoms with E-state index < -0.39 is 23.3 Å². The predicted octanol–water partition coefficient (Wildman–Crippen LogP) is 2.07. The summed E-state index contributed by atoms with van der Waals surface area (Å²) in [6.45, 7) is 1.61. The van der Waals surface area contributed by atoms with Crippen LogP contribution in [0.2, 0.25) is 0 Å². The van der Waals surface area contributed by atoms with Crippen LogP contribution in [0.25, 0.3) is 0 Å². The Morgan fingerprint density at radius 3 is 2.64 bits per heavy atom. The monoisotopic (exact) mass is 378 g/mol. The van der Waals surface area contributed by atoms with E-state index in [1.54, 1.807) is 6.92 Å². The number of fused-ring (bicyclic) bond motifs is 1. The lowest BCUT2D eigenvalue weighted by Crippen LogP contribution is -2.70. The van der Waals surface area contributed by atoms with Crippen LogP contribution < -0.4 is 5.32 Å². The number of hydrogen-bond donors (Lipinski definition) is 2. The number of allylic oxidation sites excluding steroid dienone is 1. The molecule has 0 aliphatic carbocycles. The zero-order valence-corrected chi connectivity index (χ0v) is 14.8. The van der Waals surface area contributed by atoms with Gasteiger partial charge in [-0.2, -0.15) is 0 Å². The largest absolute Gasteiger partial charge is 0.477 e. The number of halogens is 1. The van der Waals surface area contributed by atoms with Gasteiger partial charge in [-0.25, -0.2) is 4.79 Å². The first-order chi connectivity index (χ1) is 11.9. The maximum atomic E-state index is 12.4. The topological polar surface area (TPSA) is 86.7 Å². The summed E-state index contributed by atoms with van der Waals surface area (Å²) in [5.41, 5.74) is 2.48. The number of rotatable bonds is 4. The molecule has 1 aromatic carbocycles. The Labute approximate surface area is 153 Å². The molecule has 2 amide bonds. The lowest BCUT2D eigenvalue weighted by molar-refractivity contribution is -0.150. The fourth-order valence-corrected chi connectivity index (χ4v) is 4.39. The summed E-state index contributed by atoms with van der Waals surface area (Å²) >= 11 is 7.05. The fourth-order valence-electron chi connectivity index (χ4n) is 2.85. The molecule has 2 atom stereocenters. The Hall–Kier alpha value is -2.25. The van der Waals surface area contributed by atoms with E-state index in [4.69, 9.17) is 11.6 Å². The molecular weight excluding hydrogens is 364 g/mol. The van der Waals surface area contributed by atoms with Crippen molar-refractivity contribution in [1.82, 2.24) is 10.2 Å². The second-order valence-corrected chi connectivity index (χ2v) is 7.05. The van der Waals surface area contributed by atoms with Crippen molar-refractivity contribution in [3.63, 3.8) is 0 Å². The van der Waals surface area contributed by atoms with Gasteiger partial charge in [-0.3, -0.25) is 14.5 Å². The summed E-state index contributed by atoms with van der Waals surface area (Å²) in [7, 11) is 0. The highest BCUT2D eigenvalue weighted by atomic mass is 35.5. The van der Waals surface area contributed by atoms with Crippen molar-refractivity contribution in [3.8, 4) is 0 Å². The zero-order chi connectivity index (χ0) is 18.1. The fraction of sp³-hybridized carbons (Fsp3) is 0.235. The summed E-state index contributed by atoms with van der Waals surface area (Å²) in [4.78, 5) is 37.9. The van der Waals surface area contributed by atoms with E-state index in [2.05, 4.69) is 5.32 Å². The molecule has 0 radical (unpaired) electrons. The Morgan fingerprint density at radius 1 is 1.36 bits per heavy atom. The maximum Gasteiger partial charge on any atom is 0.352 e. The molecule has 0 bridgehead atoms. The second kappa shape index (κ2) is 6.93. The van der Waals surface area contributed by atoms with Gasteiger partial charge in [-0.1, -0.05) is 53.7 Å². The standard InChI is InChI=1S/C17H15ClN2O4S/c1-9-11(8-18)25-16-13(15(22)20(16)14(9)17(23)24)19-12(21)7-10-5-3-2-4-6-10/h2-6,8,13,16H,7H2,1H3,(H,19,21)(H,23,24)/t13-,16-/m0/s1. The Morgan fingerprint density at radius 2 is 2.04 bits per heavy atom. The van der Waals surface area contributed by atoms with E-state index in [0.29, 0.717) is 10.5 Å². The normalized spacial score (nSPS) is 24.0. The first-order valence-electron chi connectivity index (χ1n) is 7.52. The van der Waals surface area contributed by atoms with Crippen LogP contribution in [0, 0.1) is 0 Å². The molecule has 1 aromatic rings. The van der Waals surface area contributed by atoms with Crippen LogP contribution in [0.15, 0.2) is 52.0 Å². The Bertz CT molecular complexity index is 806. The number of carbonyl (C=O) groups excluding carboxylic acids is 2. The van der Waals surface area contributed by atoms with Crippen LogP contribution in [-0.2, 0) is 20.8 Å². The molecule has 0 spiro atoms. The van der Waals surface area contributed by atoms with Crippen LogP contribution in [0.3, 0.4) is 0 Å². The molecule has 1 fully saturated rings. The van der Waals surface area contributed by atoms with Gasteiger partial charge >= 0.3 is 5.97 Å².